The van der Waals surface area contributed by atoms with E-state index in [1.807, 2.05) is 18.2 Å². The summed E-state index contributed by atoms with van der Waals surface area (Å²) in [6.07, 6.45) is 5.73. The molecular formula is C20H19NO3. The van der Waals surface area contributed by atoms with Gasteiger partial charge in [0, 0.05) is 25.0 Å². The Bertz CT molecular complexity index is 792. The minimum Gasteiger partial charge on any atom is -0.511 e. The van der Waals surface area contributed by atoms with Gasteiger partial charge in [0.25, 0.3) is 0 Å². The molecule has 1 N–H and O–H groups in total. The molecule has 0 saturated heterocycles. The van der Waals surface area contributed by atoms with Gasteiger partial charge >= 0.3 is 0 Å². The maximum atomic E-state index is 12.4. The van der Waals surface area contributed by atoms with Gasteiger partial charge < -0.3 is 9.52 Å². The second kappa shape index (κ2) is 6.11. The highest BCUT2D eigenvalue weighted by molar-refractivity contribution is 6.14. The molecule has 0 fully saturated rings. The number of Topliss-reactive ketones (excluding diaryl/α,β-unsaturated/α-hetero) is 1. The van der Waals surface area contributed by atoms with Crippen molar-refractivity contribution in [1.82, 2.24) is 0 Å². The van der Waals surface area contributed by atoms with Crippen molar-refractivity contribution in [3.05, 3.63) is 70.9 Å². The van der Waals surface area contributed by atoms with Crippen molar-refractivity contribution in [3.63, 3.8) is 0 Å². The standard InChI is InChI=1S/C20H19NO3/c22-18-10-15(20-6-3-7-24-20)11-19(23)17(18)12-21-16-8-13-4-1-2-5-14(13)9-16/h1-7,12,15-16,22H,8-11H2. The first-order valence-corrected chi connectivity index (χ1v) is 8.29. The van der Waals surface area contributed by atoms with Crippen LogP contribution in [0.1, 0.15) is 35.6 Å². The number of fused-ring (bicyclic) bond motifs is 1. The maximum Gasteiger partial charge on any atom is 0.168 e. The molecule has 0 amide bonds. The Kier molecular flexibility index (Phi) is 3.81. The lowest BCUT2D eigenvalue weighted by Gasteiger charge is -2.20. The molecule has 24 heavy (non-hydrogen) atoms. The third-order valence-electron chi connectivity index (χ3n) is 4.87. The highest BCUT2D eigenvalue weighted by atomic mass is 16.3. The lowest BCUT2D eigenvalue weighted by molar-refractivity contribution is -0.116. The number of benzene rings is 1. The van der Waals surface area contributed by atoms with Crippen molar-refractivity contribution in [3.8, 4) is 0 Å². The van der Waals surface area contributed by atoms with Crippen molar-refractivity contribution in [2.45, 2.75) is 37.6 Å². The van der Waals surface area contributed by atoms with Crippen LogP contribution in [0.2, 0.25) is 0 Å². The first kappa shape index (κ1) is 14.9. The minimum absolute atomic E-state index is 0.0700. The summed E-state index contributed by atoms with van der Waals surface area (Å²) in [6, 6.07) is 12.1. The van der Waals surface area contributed by atoms with Gasteiger partial charge in [-0.2, -0.15) is 0 Å². The second-order valence-electron chi connectivity index (χ2n) is 6.51. The van der Waals surface area contributed by atoms with E-state index >= 15 is 0 Å². The van der Waals surface area contributed by atoms with Gasteiger partial charge in [-0.3, -0.25) is 9.79 Å². The predicted octanol–water partition coefficient (Wildman–Crippen LogP) is 3.78. The summed E-state index contributed by atoms with van der Waals surface area (Å²) < 4.78 is 5.36. The fourth-order valence-corrected chi connectivity index (χ4v) is 3.60. The summed E-state index contributed by atoms with van der Waals surface area (Å²) in [5.41, 5.74) is 3.00. The number of hydrogen-bond acceptors (Lipinski definition) is 4. The number of ketones is 1. The summed E-state index contributed by atoms with van der Waals surface area (Å²) in [4.78, 5) is 16.9. The van der Waals surface area contributed by atoms with Crippen molar-refractivity contribution in [2.75, 3.05) is 0 Å². The molecule has 0 aliphatic heterocycles. The predicted molar refractivity (Wildman–Crippen MR) is 91.5 cm³/mol. The largest absolute Gasteiger partial charge is 0.511 e. The molecular weight excluding hydrogens is 302 g/mol. The van der Waals surface area contributed by atoms with Crippen LogP contribution in [0.25, 0.3) is 0 Å². The van der Waals surface area contributed by atoms with E-state index in [-0.39, 0.29) is 23.5 Å². The number of aliphatic hydroxyl groups is 1. The molecule has 2 aromatic rings. The van der Waals surface area contributed by atoms with E-state index in [9.17, 15) is 9.90 Å². The molecule has 0 spiro atoms. The van der Waals surface area contributed by atoms with Crippen LogP contribution >= 0.6 is 0 Å². The third kappa shape index (κ3) is 2.80. The van der Waals surface area contributed by atoms with Gasteiger partial charge in [0.15, 0.2) is 5.78 Å². The Morgan fingerprint density at radius 3 is 2.42 bits per heavy atom. The summed E-state index contributed by atoms with van der Waals surface area (Å²) in [6.45, 7) is 0. The molecule has 0 bridgehead atoms. The molecule has 1 unspecified atom stereocenters. The van der Waals surface area contributed by atoms with E-state index in [0.717, 1.165) is 18.6 Å². The molecule has 2 aliphatic rings. The minimum atomic E-state index is -0.0830. The lowest BCUT2D eigenvalue weighted by atomic mass is 9.86. The van der Waals surface area contributed by atoms with Gasteiger partial charge in [-0.1, -0.05) is 24.3 Å². The van der Waals surface area contributed by atoms with Crippen molar-refractivity contribution in [2.24, 2.45) is 4.99 Å². The number of nitrogens with zero attached hydrogens (tertiary/aromatic N) is 1. The number of furan rings is 1. The van der Waals surface area contributed by atoms with Gasteiger partial charge in [0.1, 0.15) is 11.5 Å². The number of carbonyl (C=O) groups excluding carboxylic acids is 1. The first-order chi connectivity index (χ1) is 11.7. The van der Waals surface area contributed by atoms with Crippen molar-refractivity contribution in [1.29, 1.82) is 0 Å². The molecule has 4 heteroatoms. The maximum absolute atomic E-state index is 12.4. The van der Waals surface area contributed by atoms with E-state index in [2.05, 4.69) is 17.1 Å². The highest BCUT2D eigenvalue weighted by Crippen LogP contribution is 2.33. The van der Waals surface area contributed by atoms with Crippen LogP contribution in [-0.2, 0) is 17.6 Å². The van der Waals surface area contributed by atoms with E-state index in [0.29, 0.717) is 18.4 Å². The smallest absolute Gasteiger partial charge is 0.168 e. The van der Waals surface area contributed by atoms with Gasteiger partial charge in [-0.15, -0.1) is 0 Å². The zero-order valence-corrected chi connectivity index (χ0v) is 13.3. The molecule has 0 radical (unpaired) electrons. The quantitative estimate of drug-likeness (QED) is 0.875. The van der Waals surface area contributed by atoms with Crippen LogP contribution in [0.15, 0.2) is 63.4 Å². The molecule has 1 heterocycles. The summed E-state index contributed by atoms with van der Waals surface area (Å²) >= 11 is 0. The SMILES string of the molecule is O=C1CC(c2ccco2)CC(O)=C1C=NC1Cc2ccccc2C1. The fraction of sp³-hybridized carbons (Fsp3) is 0.300. The van der Waals surface area contributed by atoms with Gasteiger partial charge in [-0.05, 0) is 36.1 Å². The van der Waals surface area contributed by atoms with Crippen LogP contribution in [0.3, 0.4) is 0 Å². The fourth-order valence-electron chi connectivity index (χ4n) is 3.60. The summed E-state index contributed by atoms with van der Waals surface area (Å²) in [5.74, 6) is 0.712. The summed E-state index contributed by atoms with van der Waals surface area (Å²) in [5, 5.41) is 10.3. The Morgan fingerprint density at radius 2 is 1.79 bits per heavy atom. The number of aliphatic hydroxyl groups excluding tert-OH is 1. The number of aliphatic imine (C=N–C) groups is 1. The third-order valence-corrected chi connectivity index (χ3v) is 4.87. The van der Waals surface area contributed by atoms with Gasteiger partial charge in [0.2, 0.25) is 0 Å². The van der Waals surface area contributed by atoms with Crippen LogP contribution in [0, 0.1) is 0 Å². The Balaban J connectivity index is 1.48. The van der Waals surface area contributed by atoms with E-state index in [1.54, 1.807) is 18.5 Å². The molecule has 1 aromatic heterocycles. The normalized spacial score (nSPS) is 21.7. The molecule has 1 atom stereocenters. The molecule has 0 saturated carbocycles. The zero-order valence-electron chi connectivity index (χ0n) is 13.3. The monoisotopic (exact) mass is 321 g/mol. The topological polar surface area (TPSA) is 62.8 Å². The van der Waals surface area contributed by atoms with Crippen LogP contribution < -0.4 is 0 Å². The van der Waals surface area contributed by atoms with Crippen LogP contribution in [0.4, 0.5) is 0 Å². The highest BCUT2D eigenvalue weighted by Gasteiger charge is 2.29. The molecule has 2 aliphatic carbocycles. The number of allylic oxidation sites excluding steroid dienone is 2. The molecule has 1 aromatic carbocycles. The van der Waals surface area contributed by atoms with E-state index in [4.69, 9.17) is 4.42 Å². The van der Waals surface area contributed by atoms with E-state index < -0.39 is 0 Å². The Morgan fingerprint density at radius 1 is 1.04 bits per heavy atom. The number of carbonyl (C=O) groups is 1. The van der Waals surface area contributed by atoms with Crippen LogP contribution in [-0.4, -0.2) is 23.1 Å². The molecule has 122 valence electrons. The van der Waals surface area contributed by atoms with Gasteiger partial charge in [0.05, 0.1) is 17.9 Å². The molecule has 4 nitrogen and oxygen atoms in total. The van der Waals surface area contributed by atoms with Crippen molar-refractivity contribution < 1.29 is 14.3 Å². The number of rotatable bonds is 3. The van der Waals surface area contributed by atoms with E-state index in [1.165, 1.54) is 11.1 Å². The van der Waals surface area contributed by atoms with Crippen molar-refractivity contribution >= 4 is 12.0 Å². The number of hydrogen-bond donors (Lipinski definition) is 1. The second-order valence-corrected chi connectivity index (χ2v) is 6.51. The average molecular weight is 321 g/mol. The summed E-state index contributed by atoms with van der Waals surface area (Å²) in [7, 11) is 0. The zero-order chi connectivity index (χ0) is 16.5. The first-order valence-electron chi connectivity index (χ1n) is 8.29. The lowest BCUT2D eigenvalue weighted by Crippen LogP contribution is -2.19. The Labute approximate surface area is 140 Å². The average Bonchev–Trinajstić information content (AvgIpc) is 3.23. The molecule has 4 rings (SSSR count). The van der Waals surface area contributed by atoms with Gasteiger partial charge in [-0.25, -0.2) is 0 Å². The Hall–Kier alpha value is -2.62. The van der Waals surface area contributed by atoms with Crippen LogP contribution in [0.5, 0.6) is 0 Å².